The van der Waals surface area contributed by atoms with Crippen molar-refractivity contribution in [1.82, 2.24) is 15.1 Å². The van der Waals surface area contributed by atoms with Crippen LogP contribution < -0.4 is 5.32 Å². The van der Waals surface area contributed by atoms with Gasteiger partial charge >= 0.3 is 0 Å². The molecule has 84 valence electrons. The molecule has 0 bridgehead atoms. The van der Waals surface area contributed by atoms with E-state index in [4.69, 9.17) is 4.74 Å². The first-order chi connectivity index (χ1) is 7.34. The Hall–Kier alpha value is -0.870. The molecule has 1 aromatic heterocycles. The number of hydrogen-bond donors (Lipinski definition) is 1. The van der Waals surface area contributed by atoms with E-state index in [2.05, 4.69) is 17.3 Å². The van der Waals surface area contributed by atoms with Crippen molar-refractivity contribution in [2.75, 3.05) is 19.8 Å². The summed E-state index contributed by atoms with van der Waals surface area (Å²) in [5.74, 6) is 0.699. The maximum atomic E-state index is 5.34. The van der Waals surface area contributed by atoms with Crippen molar-refractivity contribution < 1.29 is 4.74 Å². The molecule has 2 heterocycles. The fourth-order valence-corrected chi connectivity index (χ4v) is 1.87. The second-order valence-electron chi connectivity index (χ2n) is 4.27. The molecule has 0 saturated carbocycles. The number of ether oxygens (including phenoxy) is 1. The summed E-state index contributed by atoms with van der Waals surface area (Å²) in [4.78, 5) is 0. The molecule has 2 unspecified atom stereocenters. The summed E-state index contributed by atoms with van der Waals surface area (Å²) in [6, 6.07) is 2.42. The zero-order chi connectivity index (χ0) is 10.5. The van der Waals surface area contributed by atoms with Gasteiger partial charge in [-0.2, -0.15) is 5.10 Å². The van der Waals surface area contributed by atoms with Crippen LogP contribution in [0.25, 0.3) is 0 Å². The molecule has 4 nitrogen and oxygen atoms in total. The maximum Gasteiger partial charge on any atom is 0.0559 e. The van der Waals surface area contributed by atoms with Crippen LogP contribution in [0.3, 0.4) is 0 Å². The smallest absolute Gasteiger partial charge is 0.0559 e. The fourth-order valence-electron chi connectivity index (χ4n) is 1.87. The highest BCUT2D eigenvalue weighted by molar-refractivity contribution is 4.79. The van der Waals surface area contributed by atoms with Crippen molar-refractivity contribution in [3.8, 4) is 0 Å². The summed E-state index contributed by atoms with van der Waals surface area (Å²) in [6.45, 7) is 6.03. The van der Waals surface area contributed by atoms with E-state index in [0.29, 0.717) is 12.0 Å². The molecule has 1 aromatic rings. The molecule has 1 fully saturated rings. The van der Waals surface area contributed by atoms with Gasteiger partial charge in [0.15, 0.2) is 0 Å². The normalized spacial score (nSPS) is 23.1. The van der Waals surface area contributed by atoms with Gasteiger partial charge in [0.2, 0.25) is 0 Å². The van der Waals surface area contributed by atoms with Crippen molar-refractivity contribution in [3.63, 3.8) is 0 Å². The minimum absolute atomic E-state index is 0.463. The number of hydrogen-bond acceptors (Lipinski definition) is 3. The van der Waals surface area contributed by atoms with E-state index in [9.17, 15) is 0 Å². The summed E-state index contributed by atoms with van der Waals surface area (Å²) < 4.78 is 7.30. The van der Waals surface area contributed by atoms with Crippen molar-refractivity contribution in [3.05, 3.63) is 18.5 Å². The van der Waals surface area contributed by atoms with Crippen molar-refractivity contribution in [2.45, 2.75) is 25.9 Å². The molecule has 1 N–H and O–H groups in total. The van der Waals surface area contributed by atoms with E-state index < -0.39 is 0 Å². The van der Waals surface area contributed by atoms with Crippen LogP contribution in [0.2, 0.25) is 0 Å². The average Bonchev–Trinajstić information content (AvgIpc) is 2.86. The lowest BCUT2D eigenvalue weighted by Crippen LogP contribution is -2.34. The lowest BCUT2D eigenvalue weighted by Gasteiger charge is -2.16. The van der Waals surface area contributed by atoms with E-state index in [1.807, 2.05) is 23.1 Å². The topological polar surface area (TPSA) is 39.1 Å². The Morgan fingerprint density at radius 1 is 1.67 bits per heavy atom. The Labute approximate surface area is 90.6 Å². The highest BCUT2D eigenvalue weighted by Gasteiger charge is 2.15. The molecule has 1 saturated heterocycles. The Bertz CT molecular complexity index is 267. The number of aromatic nitrogens is 2. The average molecular weight is 209 g/mol. The summed E-state index contributed by atoms with van der Waals surface area (Å²) in [5.41, 5.74) is 0. The van der Waals surface area contributed by atoms with Gasteiger partial charge in [0.1, 0.15) is 0 Å². The minimum Gasteiger partial charge on any atom is -0.381 e. The monoisotopic (exact) mass is 209 g/mol. The third kappa shape index (κ3) is 3.32. The van der Waals surface area contributed by atoms with Gasteiger partial charge in [-0.05, 0) is 25.3 Å². The van der Waals surface area contributed by atoms with Crippen LogP contribution in [-0.4, -0.2) is 35.6 Å². The summed E-state index contributed by atoms with van der Waals surface area (Å²) in [5, 5.41) is 7.71. The van der Waals surface area contributed by atoms with Crippen LogP contribution in [0.1, 0.15) is 13.3 Å². The minimum atomic E-state index is 0.463. The maximum absolute atomic E-state index is 5.34. The Kier molecular flexibility index (Phi) is 3.75. The first kappa shape index (κ1) is 10.6. The zero-order valence-electron chi connectivity index (χ0n) is 9.22. The van der Waals surface area contributed by atoms with Crippen LogP contribution in [0.5, 0.6) is 0 Å². The molecule has 15 heavy (non-hydrogen) atoms. The van der Waals surface area contributed by atoms with Crippen molar-refractivity contribution in [1.29, 1.82) is 0 Å². The van der Waals surface area contributed by atoms with Crippen LogP contribution in [0, 0.1) is 5.92 Å². The van der Waals surface area contributed by atoms with E-state index in [1.54, 1.807) is 0 Å². The molecular weight excluding hydrogens is 190 g/mol. The molecule has 1 aliphatic heterocycles. The molecular formula is C11H19N3O. The third-order valence-electron chi connectivity index (χ3n) is 2.80. The van der Waals surface area contributed by atoms with E-state index in [1.165, 1.54) is 6.42 Å². The molecule has 2 atom stereocenters. The van der Waals surface area contributed by atoms with Crippen LogP contribution in [0.4, 0.5) is 0 Å². The van der Waals surface area contributed by atoms with E-state index in [0.717, 1.165) is 26.3 Å². The second-order valence-corrected chi connectivity index (χ2v) is 4.27. The molecule has 1 aliphatic rings. The predicted molar refractivity (Wildman–Crippen MR) is 58.6 cm³/mol. The van der Waals surface area contributed by atoms with Crippen LogP contribution in [-0.2, 0) is 11.3 Å². The standard InChI is InChI=1S/C11H19N3O/c1-10(8-14-5-2-4-13-14)12-7-11-3-6-15-9-11/h2,4-5,10-12H,3,6-9H2,1H3. The van der Waals surface area contributed by atoms with Gasteiger partial charge in [-0.3, -0.25) is 4.68 Å². The van der Waals surface area contributed by atoms with Gasteiger partial charge in [0.25, 0.3) is 0 Å². The first-order valence-electron chi connectivity index (χ1n) is 5.63. The zero-order valence-corrected chi connectivity index (χ0v) is 9.22. The SMILES string of the molecule is CC(Cn1cccn1)NCC1CCOC1. The molecule has 0 radical (unpaired) electrons. The number of rotatable bonds is 5. The van der Waals surface area contributed by atoms with Crippen LogP contribution >= 0.6 is 0 Å². The highest BCUT2D eigenvalue weighted by atomic mass is 16.5. The van der Waals surface area contributed by atoms with E-state index >= 15 is 0 Å². The lowest BCUT2D eigenvalue weighted by atomic mass is 10.1. The Morgan fingerprint density at radius 2 is 2.60 bits per heavy atom. The first-order valence-corrected chi connectivity index (χ1v) is 5.63. The van der Waals surface area contributed by atoms with Gasteiger partial charge in [0.05, 0.1) is 13.2 Å². The second kappa shape index (κ2) is 5.28. The molecule has 4 heteroatoms. The Morgan fingerprint density at radius 3 is 3.27 bits per heavy atom. The summed E-state index contributed by atoms with van der Waals surface area (Å²) in [7, 11) is 0. The van der Waals surface area contributed by atoms with Gasteiger partial charge in [-0.1, -0.05) is 0 Å². The molecule has 0 amide bonds. The molecule has 2 rings (SSSR count). The van der Waals surface area contributed by atoms with Gasteiger partial charge in [0, 0.05) is 31.6 Å². The van der Waals surface area contributed by atoms with Gasteiger partial charge < -0.3 is 10.1 Å². The van der Waals surface area contributed by atoms with Crippen LogP contribution in [0.15, 0.2) is 18.5 Å². The fraction of sp³-hybridized carbons (Fsp3) is 0.727. The summed E-state index contributed by atoms with van der Waals surface area (Å²) >= 11 is 0. The molecule has 0 aromatic carbocycles. The van der Waals surface area contributed by atoms with E-state index in [-0.39, 0.29) is 0 Å². The third-order valence-corrected chi connectivity index (χ3v) is 2.80. The largest absolute Gasteiger partial charge is 0.381 e. The van der Waals surface area contributed by atoms with Gasteiger partial charge in [-0.15, -0.1) is 0 Å². The quantitative estimate of drug-likeness (QED) is 0.783. The Balaban J connectivity index is 1.66. The lowest BCUT2D eigenvalue weighted by molar-refractivity contribution is 0.184. The predicted octanol–water partition coefficient (Wildman–Crippen LogP) is 0.898. The molecule has 0 aliphatic carbocycles. The molecule has 0 spiro atoms. The van der Waals surface area contributed by atoms with Crippen molar-refractivity contribution >= 4 is 0 Å². The highest BCUT2D eigenvalue weighted by Crippen LogP contribution is 2.10. The number of nitrogens with zero attached hydrogens (tertiary/aromatic N) is 2. The van der Waals surface area contributed by atoms with Gasteiger partial charge in [-0.25, -0.2) is 0 Å². The number of nitrogens with one attached hydrogen (secondary N) is 1. The van der Waals surface area contributed by atoms with Crippen molar-refractivity contribution in [2.24, 2.45) is 5.92 Å². The summed E-state index contributed by atoms with van der Waals surface area (Å²) in [6.07, 6.45) is 5.01.